The highest BCUT2D eigenvalue weighted by Crippen LogP contribution is 2.29. The summed E-state index contributed by atoms with van der Waals surface area (Å²) in [6, 6.07) is 4.05. The predicted octanol–water partition coefficient (Wildman–Crippen LogP) is 3.38. The monoisotopic (exact) mass is 358 g/mol. The first-order valence-electron chi connectivity index (χ1n) is 9.67. The van der Waals surface area contributed by atoms with Gasteiger partial charge in [-0.1, -0.05) is 0 Å². The average molecular weight is 358 g/mol. The number of rotatable bonds is 4. The van der Waals surface area contributed by atoms with Gasteiger partial charge in [0.2, 0.25) is 0 Å². The minimum absolute atomic E-state index is 0.219. The number of hydrogen-bond donors (Lipinski definition) is 1. The van der Waals surface area contributed by atoms with Crippen LogP contribution in [0.1, 0.15) is 31.2 Å². The SMILES string of the molecule is Cc1cc2c(NC[C@H]3CC[C@H](N4CCOCC4)CC3)ncnc2cc1F. The van der Waals surface area contributed by atoms with Crippen molar-refractivity contribution in [3.63, 3.8) is 0 Å². The molecule has 5 nitrogen and oxygen atoms in total. The Hall–Kier alpha value is -1.79. The number of fused-ring (bicyclic) bond motifs is 1. The highest BCUT2D eigenvalue weighted by atomic mass is 19.1. The van der Waals surface area contributed by atoms with Crippen LogP contribution >= 0.6 is 0 Å². The number of nitrogens with one attached hydrogen (secondary N) is 1. The zero-order chi connectivity index (χ0) is 17.9. The van der Waals surface area contributed by atoms with Gasteiger partial charge >= 0.3 is 0 Å². The van der Waals surface area contributed by atoms with Gasteiger partial charge in [0.05, 0.1) is 18.7 Å². The topological polar surface area (TPSA) is 50.3 Å². The summed E-state index contributed by atoms with van der Waals surface area (Å²) in [5.74, 6) is 1.26. The van der Waals surface area contributed by atoms with Gasteiger partial charge in [-0.15, -0.1) is 0 Å². The van der Waals surface area contributed by atoms with E-state index in [0.29, 0.717) is 17.0 Å². The molecule has 0 atom stereocenters. The summed E-state index contributed by atoms with van der Waals surface area (Å²) in [4.78, 5) is 11.2. The van der Waals surface area contributed by atoms with Gasteiger partial charge in [0, 0.05) is 37.1 Å². The molecule has 1 aliphatic heterocycles. The molecule has 26 heavy (non-hydrogen) atoms. The van der Waals surface area contributed by atoms with Crippen molar-refractivity contribution in [1.29, 1.82) is 0 Å². The molecule has 1 saturated heterocycles. The van der Waals surface area contributed by atoms with E-state index in [1.54, 1.807) is 6.92 Å². The van der Waals surface area contributed by atoms with E-state index in [4.69, 9.17) is 4.74 Å². The number of aromatic nitrogens is 2. The molecule has 1 saturated carbocycles. The van der Waals surface area contributed by atoms with E-state index >= 15 is 0 Å². The van der Waals surface area contributed by atoms with Gasteiger partial charge in [0.25, 0.3) is 0 Å². The maximum Gasteiger partial charge on any atom is 0.137 e. The summed E-state index contributed by atoms with van der Waals surface area (Å²) in [6.45, 7) is 6.61. The summed E-state index contributed by atoms with van der Waals surface area (Å²) in [5.41, 5.74) is 1.28. The maximum absolute atomic E-state index is 13.8. The molecule has 1 aromatic heterocycles. The number of morpholine rings is 1. The number of aryl methyl sites for hydroxylation is 1. The number of hydrogen-bond acceptors (Lipinski definition) is 5. The van der Waals surface area contributed by atoms with Crippen LogP contribution in [0.5, 0.6) is 0 Å². The molecule has 0 amide bonds. The van der Waals surface area contributed by atoms with Crippen LogP contribution in [0.4, 0.5) is 10.2 Å². The Labute approximate surface area is 154 Å². The van der Waals surface area contributed by atoms with E-state index in [1.165, 1.54) is 38.1 Å². The van der Waals surface area contributed by atoms with Gasteiger partial charge in [-0.2, -0.15) is 0 Å². The van der Waals surface area contributed by atoms with Crippen molar-refractivity contribution >= 4 is 16.7 Å². The van der Waals surface area contributed by atoms with Gasteiger partial charge < -0.3 is 10.1 Å². The first-order valence-corrected chi connectivity index (χ1v) is 9.67. The molecule has 1 aromatic carbocycles. The fourth-order valence-corrected chi connectivity index (χ4v) is 4.22. The molecule has 0 spiro atoms. The van der Waals surface area contributed by atoms with Crippen LogP contribution in [0.2, 0.25) is 0 Å². The van der Waals surface area contributed by atoms with E-state index in [2.05, 4.69) is 20.2 Å². The Morgan fingerprint density at radius 1 is 1.15 bits per heavy atom. The quantitative estimate of drug-likeness (QED) is 0.908. The second-order valence-corrected chi connectivity index (χ2v) is 7.54. The molecule has 0 radical (unpaired) electrons. The Morgan fingerprint density at radius 3 is 2.69 bits per heavy atom. The van der Waals surface area contributed by atoms with Crippen LogP contribution in [-0.4, -0.2) is 53.8 Å². The highest BCUT2D eigenvalue weighted by Gasteiger charge is 2.26. The smallest absolute Gasteiger partial charge is 0.137 e. The van der Waals surface area contributed by atoms with Crippen molar-refractivity contribution in [3.05, 3.63) is 29.8 Å². The van der Waals surface area contributed by atoms with E-state index in [9.17, 15) is 4.39 Å². The van der Waals surface area contributed by atoms with Crippen LogP contribution in [0, 0.1) is 18.7 Å². The molecule has 2 heterocycles. The molecule has 0 unspecified atom stereocenters. The summed E-state index contributed by atoms with van der Waals surface area (Å²) >= 11 is 0. The molecule has 1 N–H and O–H groups in total. The van der Waals surface area contributed by atoms with Gasteiger partial charge in [-0.25, -0.2) is 14.4 Å². The lowest BCUT2D eigenvalue weighted by atomic mass is 9.85. The fraction of sp³-hybridized carbons (Fsp3) is 0.600. The summed E-state index contributed by atoms with van der Waals surface area (Å²) < 4.78 is 19.2. The van der Waals surface area contributed by atoms with E-state index in [1.807, 2.05) is 6.07 Å². The second kappa shape index (κ2) is 7.84. The standard InChI is InChI=1S/C20H27FN4O/c1-14-10-17-19(11-18(14)21)23-13-24-20(17)22-12-15-2-4-16(5-3-15)25-6-8-26-9-7-25/h10-11,13,15-16H,2-9,12H2,1H3,(H,22,23,24)/t15-,16-. The lowest BCUT2D eigenvalue weighted by Gasteiger charge is -2.38. The summed E-state index contributed by atoms with van der Waals surface area (Å²) in [5, 5.41) is 4.39. The van der Waals surface area contributed by atoms with Crippen molar-refractivity contribution in [2.45, 2.75) is 38.6 Å². The van der Waals surface area contributed by atoms with Crippen LogP contribution < -0.4 is 5.32 Å². The van der Waals surface area contributed by atoms with Gasteiger partial charge in [-0.05, 0) is 50.2 Å². The lowest BCUT2D eigenvalue weighted by molar-refractivity contribution is 0.00540. The molecule has 1 aliphatic carbocycles. The molecule has 4 rings (SSSR count). The first kappa shape index (κ1) is 17.6. The molecule has 140 valence electrons. The van der Waals surface area contributed by atoms with E-state index in [0.717, 1.165) is 50.1 Å². The lowest BCUT2D eigenvalue weighted by Crippen LogP contribution is -2.45. The fourth-order valence-electron chi connectivity index (χ4n) is 4.22. The Morgan fingerprint density at radius 2 is 1.92 bits per heavy atom. The third-order valence-corrected chi connectivity index (χ3v) is 5.85. The largest absolute Gasteiger partial charge is 0.379 e. The predicted molar refractivity (Wildman–Crippen MR) is 101 cm³/mol. The zero-order valence-corrected chi connectivity index (χ0v) is 15.4. The third kappa shape index (κ3) is 3.81. The molecule has 2 aromatic rings. The molecular weight excluding hydrogens is 331 g/mol. The second-order valence-electron chi connectivity index (χ2n) is 7.54. The maximum atomic E-state index is 13.8. The number of nitrogens with zero attached hydrogens (tertiary/aromatic N) is 3. The van der Waals surface area contributed by atoms with Crippen LogP contribution in [0.25, 0.3) is 10.9 Å². The average Bonchev–Trinajstić information content (AvgIpc) is 2.68. The van der Waals surface area contributed by atoms with E-state index in [-0.39, 0.29) is 5.82 Å². The minimum Gasteiger partial charge on any atom is -0.379 e. The van der Waals surface area contributed by atoms with Crippen molar-refractivity contribution in [2.24, 2.45) is 5.92 Å². The van der Waals surface area contributed by atoms with E-state index < -0.39 is 0 Å². The van der Waals surface area contributed by atoms with Gasteiger partial charge in [-0.3, -0.25) is 4.90 Å². The van der Waals surface area contributed by atoms with Crippen molar-refractivity contribution < 1.29 is 9.13 Å². The van der Waals surface area contributed by atoms with Crippen molar-refractivity contribution in [3.8, 4) is 0 Å². The zero-order valence-electron chi connectivity index (χ0n) is 15.4. The van der Waals surface area contributed by atoms with Crippen LogP contribution in [-0.2, 0) is 4.74 Å². The number of halogens is 1. The Balaban J connectivity index is 1.35. The number of anilines is 1. The van der Waals surface area contributed by atoms with Crippen LogP contribution in [0.3, 0.4) is 0 Å². The molecule has 0 bridgehead atoms. The molecule has 2 fully saturated rings. The van der Waals surface area contributed by atoms with Crippen molar-refractivity contribution in [2.75, 3.05) is 38.2 Å². The third-order valence-electron chi connectivity index (χ3n) is 5.85. The first-order chi connectivity index (χ1) is 12.7. The number of benzene rings is 1. The number of ether oxygens (including phenoxy) is 1. The molecular formula is C20H27FN4O. The van der Waals surface area contributed by atoms with Crippen LogP contribution in [0.15, 0.2) is 18.5 Å². The van der Waals surface area contributed by atoms with Gasteiger partial charge in [0.1, 0.15) is 18.0 Å². The Bertz CT molecular complexity index is 755. The molecule has 6 heteroatoms. The molecule has 2 aliphatic rings. The van der Waals surface area contributed by atoms with Crippen molar-refractivity contribution in [1.82, 2.24) is 14.9 Å². The highest BCUT2D eigenvalue weighted by molar-refractivity contribution is 5.89. The summed E-state index contributed by atoms with van der Waals surface area (Å²) in [7, 11) is 0. The normalized spacial score (nSPS) is 24.7. The minimum atomic E-state index is -0.219. The van der Waals surface area contributed by atoms with Gasteiger partial charge in [0.15, 0.2) is 0 Å². The Kier molecular flexibility index (Phi) is 5.31. The summed E-state index contributed by atoms with van der Waals surface area (Å²) in [6.07, 6.45) is 6.52.